The maximum Gasteiger partial charge on any atom is 0.257 e. The second-order valence-corrected chi connectivity index (χ2v) is 6.68. The van der Waals surface area contributed by atoms with E-state index in [4.69, 9.17) is 0 Å². The lowest BCUT2D eigenvalue weighted by Crippen LogP contribution is -2.50. The number of halogens is 4. The Morgan fingerprint density at radius 1 is 0.893 bits per heavy atom. The zero-order chi connectivity index (χ0) is 20.4. The van der Waals surface area contributed by atoms with Crippen LogP contribution in [0.1, 0.15) is 26.3 Å². The quantitative estimate of drug-likeness (QED) is 0.454. The number of nitrogens with zero attached hydrogens (tertiary/aromatic N) is 2. The van der Waals surface area contributed by atoms with Crippen molar-refractivity contribution in [3.8, 4) is 0 Å². The minimum absolute atomic E-state index is 0.104. The summed E-state index contributed by atoms with van der Waals surface area (Å²) >= 11 is 0. The number of hydrogen-bond donors (Lipinski definition) is 0. The van der Waals surface area contributed by atoms with Crippen molar-refractivity contribution in [3.63, 3.8) is 0 Å². The Bertz CT molecular complexity index is 925. The van der Waals surface area contributed by atoms with E-state index in [2.05, 4.69) is 0 Å². The molecule has 0 saturated carbocycles. The number of benzene rings is 2. The van der Waals surface area contributed by atoms with Crippen LogP contribution in [-0.4, -0.2) is 54.2 Å². The summed E-state index contributed by atoms with van der Waals surface area (Å²) in [5, 5.41) is 0. The molecule has 0 unspecified atom stereocenters. The summed E-state index contributed by atoms with van der Waals surface area (Å²) in [5.74, 6) is -5.81. The fourth-order valence-electron chi connectivity index (χ4n) is 3.08. The first-order chi connectivity index (χ1) is 13.3. The van der Waals surface area contributed by atoms with E-state index in [0.29, 0.717) is 30.3 Å². The summed E-state index contributed by atoms with van der Waals surface area (Å²) in [6.45, 7) is 2.84. The molecular weight excluding hydrogens is 376 g/mol. The first-order valence-electron chi connectivity index (χ1n) is 8.72. The molecule has 28 heavy (non-hydrogen) atoms. The molecule has 0 spiro atoms. The van der Waals surface area contributed by atoms with Gasteiger partial charge in [0.25, 0.3) is 5.91 Å². The third kappa shape index (κ3) is 4.06. The molecule has 1 heterocycles. The van der Waals surface area contributed by atoms with Gasteiger partial charge < -0.3 is 4.90 Å². The minimum atomic E-state index is -1.68. The Morgan fingerprint density at radius 2 is 1.54 bits per heavy atom. The lowest BCUT2D eigenvalue weighted by Gasteiger charge is -2.34. The van der Waals surface area contributed by atoms with Gasteiger partial charge in [-0.05, 0) is 42.8 Å². The predicted octanol–water partition coefficient (Wildman–Crippen LogP) is 3.19. The second-order valence-electron chi connectivity index (χ2n) is 6.68. The van der Waals surface area contributed by atoms with Crippen LogP contribution in [0.4, 0.5) is 17.6 Å². The molecule has 1 aliphatic rings. The number of ketones is 1. The molecule has 8 heteroatoms. The zero-order valence-electron chi connectivity index (χ0n) is 15.1. The molecule has 0 aliphatic carbocycles. The van der Waals surface area contributed by atoms with Gasteiger partial charge in [0.05, 0.1) is 12.1 Å². The highest BCUT2D eigenvalue weighted by Crippen LogP contribution is 2.18. The van der Waals surface area contributed by atoms with Crippen LogP contribution in [-0.2, 0) is 0 Å². The molecule has 0 N–H and O–H groups in total. The third-order valence-corrected chi connectivity index (χ3v) is 4.77. The molecule has 2 aromatic carbocycles. The van der Waals surface area contributed by atoms with Crippen LogP contribution in [0, 0.1) is 30.2 Å². The van der Waals surface area contributed by atoms with E-state index < -0.39 is 28.9 Å². The highest BCUT2D eigenvalue weighted by molar-refractivity contribution is 5.98. The number of carbonyl (C=O) groups is 2. The lowest BCUT2D eigenvalue weighted by molar-refractivity contribution is 0.0619. The van der Waals surface area contributed by atoms with Crippen molar-refractivity contribution in [2.75, 3.05) is 32.7 Å². The Kier molecular flexibility index (Phi) is 5.79. The Morgan fingerprint density at radius 3 is 2.18 bits per heavy atom. The van der Waals surface area contributed by atoms with Crippen molar-refractivity contribution in [2.24, 2.45) is 0 Å². The van der Waals surface area contributed by atoms with Gasteiger partial charge in [0.15, 0.2) is 23.2 Å². The lowest BCUT2D eigenvalue weighted by atomic mass is 10.1. The standard InChI is InChI=1S/C20H18F4N2O2/c1-12-10-13(2-4-15(12)21)17(27)11-25-6-8-26(9-7-25)20(28)14-3-5-16(22)19(24)18(14)23/h2-5,10H,6-9,11H2,1H3. The third-order valence-electron chi connectivity index (χ3n) is 4.77. The van der Waals surface area contributed by atoms with Crippen LogP contribution in [0.3, 0.4) is 0 Å². The van der Waals surface area contributed by atoms with E-state index in [1.54, 1.807) is 6.92 Å². The highest BCUT2D eigenvalue weighted by Gasteiger charge is 2.27. The molecule has 0 radical (unpaired) electrons. The summed E-state index contributed by atoms with van der Waals surface area (Å²) < 4.78 is 53.5. The molecule has 0 aromatic heterocycles. The summed E-state index contributed by atoms with van der Waals surface area (Å²) in [4.78, 5) is 27.9. The molecule has 1 saturated heterocycles. The highest BCUT2D eigenvalue weighted by atomic mass is 19.2. The molecule has 1 aliphatic heterocycles. The number of carbonyl (C=O) groups excluding carboxylic acids is 2. The van der Waals surface area contributed by atoms with Crippen LogP contribution in [0.15, 0.2) is 30.3 Å². The van der Waals surface area contributed by atoms with Crippen molar-refractivity contribution in [1.82, 2.24) is 9.80 Å². The Labute approximate surface area is 159 Å². The number of Topliss-reactive ketones (excluding diaryl/α,β-unsaturated/α-hetero) is 1. The molecule has 0 bridgehead atoms. The van der Waals surface area contributed by atoms with E-state index in [1.165, 1.54) is 23.1 Å². The van der Waals surface area contributed by atoms with Gasteiger partial charge in [0.1, 0.15) is 5.82 Å². The maximum absolute atomic E-state index is 13.8. The monoisotopic (exact) mass is 394 g/mol. The minimum Gasteiger partial charge on any atom is -0.336 e. The molecule has 148 valence electrons. The summed E-state index contributed by atoms with van der Waals surface area (Å²) in [7, 11) is 0. The van der Waals surface area contributed by atoms with Crippen LogP contribution in [0.5, 0.6) is 0 Å². The van der Waals surface area contributed by atoms with E-state index in [-0.39, 0.29) is 31.2 Å². The fraction of sp³-hybridized carbons (Fsp3) is 0.300. The van der Waals surface area contributed by atoms with Gasteiger partial charge in [-0.3, -0.25) is 14.5 Å². The average molecular weight is 394 g/mol. The summed E-state index contributed by atoms with van der Waals surface area (Å²) in [6.07, 6.45) is 0. The SMILES string of the molecule is Cc1cc(C(=O)CN2CCN(C(=O)c3ccc(F)c(F)c3F)CC2)ccc1F. The molecule has 4 nitrogen and oxygen atoms in total. The molecule has 3 rings (SSSR count). The van der Waals surface area contributed by atoms with Gasteiger partial charge >= 0.3 is 0 Å². The normalized spacial score (nSPS) is 15.0. The van der Waals surface area contributed by atoms with Gasteiger partial charge in [0, 0.05) is 31.7 Å². The van der Waals surface area contributed by atoms with Crippen molar-refractivity contribution in [2.45, 2.75) is 6.92 Å². The topological polar surface area (TPSA) is 40.6 Å². The Hall–Kier alpha value is -2.74. The second kappa shape index (κ2) is 8.10. The van der Waals surface area contributed by atoms with Gasteiger partial charge in [-0.25, -0.2) is 17.6 Å². The first-order valence-corrected chi connectivity index (χ1v) is 8.72. The molecule has 1 amide bonds. The van der Waals surface area contributed by atoms with Crippen molar-refractivity contribution in [1.29, 1.82) is 0 Å². The predicted molar refractivity (Wildman–Crippen MR) is 94.1 cm³/mol. The van der Waals surface area contributed by atoms with Crippen molar-refractivity contribution < 1.29 is 27.2 Å². The van der Waals surface area contributed by atoms with Gasteiger partial charge in [-0.2, -0.15) is 0 Å². The maximum atomic E-state index is 13.8. The van der Waals surface area contributed by atoms with Crippen molar-refractivity contribution in [3.05, 3.63) is 70.3 Å². The van der Waals surface area contributed by atoms with E-state index >= 15 is 0 Å². The van der Waals surface area contributed by atoms with Gasteiger partial charge in [-0.15, -0.1) is 0 Å². The largest absolute Gasteiger partial charge is 0.336 e. The van der Waals surface area contributed by atoms with Gasteiger partial charge in [0.2, 0.25) is 0 Å². The molecule has 2 aromatic rings. The molecular formula is C20H18F4N2O2. The zero-order valence-corrected chi connectivity index (χ0v) is 15.1. The van der Waals surface area contributed by atoms with Crippen LogP contribution in [0.25, 0.3) is 0 Å². The number of amides is 1. The van der Waals surface area contributed by atoms with E-state index in [1.807, 2.05) is 4.90 Å². The van der Waals surface area contributed by atoms with Crippen LogP contribution in [0.2, 0.25) is 0 Å². The fourth-order valence-corrected chi connectivity index (χ4v) is 3.08. The molecule has 1 fully saturated rings. The molecule has 0 atom stereocenters. The van der Waals surface area contributed by atoms with Gasteiger partial charge in [-0.1, -0.05) is 0 Å². The van der Waals surface area contributed by atoms with Crippen molar-refractivity contribution >= 4 is 11.7 Å². The van der Waals surface area contributed by atoms with Crippen LogP contribution < -0.4 is 0 Å². The number of piperazine rings is 1. The van der Waals surface area contributed by atoms with Crippen LogP contribution >= 0.6 is 0 Å². The summed E-state index contributed by atoms with van der Waals surface area (Å²) in [5.41, 5.74) is 0.265. The Balaban J connectivity index is 1.60. The smallest absolute Gasteiger partial charge is 0.257 e. The van der Waals surface area contributed by atoms with E-state index in [9.17, 15) is 27.2 Å². The number of rotatable bonds is 4. The van der Waals surface area contributed by atoms with E-state index in [0.717, 1.165) is 6.07 Å². The summed E-state index contributed by atoms with van der Waals surface area (Å²) in [6, 6.07) is 5.79. The number of hydrogen-bond acceptors (Lipinski definition) is 3. The number of aryl methyl sites for hydroxylation is 1. The average Bonchev–Trinajstić information content (AvgIpc) is 2.68. The first kappa shape index (κ1) is 20.0.